The van der Waals surface area contributed by atoms with Crippen LogP contribution in [0.5, 0.6) is 0 Å². The van der Waals surface area contributed by atoms with Gasteiger partial charge in [-0.3, -0.25) is 9.79 Å². The number of guanidine groups is 1. The fourth-order valence-electron chi connectivity index (χ4n) is 1.07. The Morgan fingerprint density at radius 2 is 1.88 bits per heavy atom. The molecule has 0 radical (unpaired) electrons. The van der Waals surface area contributed by atoms with E-state index < -0.39 is 0 Å². The SMILES string of the molecule is CCC(C)NC(=O)CCN=C(N)NC(C)C.I. The van der Waals surface area contributed by atoms with Gasteiger partial charge in [0.1, 0.15) is 0 Å². The van der Waals surface area contributed by atoms with Crippen LogP contribution in [-0.2, 0) is 4.79 Å². The second-order valence-electron chi connectivity index (χ2n) is 4.19. The minimum atomic E-state index is 0. The highest BCUT2D eigenvalue weighted by Crippen LogP contribution is 1.90. The van der Waals surface area contributed by atoms with Crippen LogP contribution in [0.1, 0.15) is 40.5 Å². The van der Waals surface area contributed by atoms with Gasteiger partial charge in [-0.1, -0.05) is 6.92 Å². The molecule has 0 aromatic rings. The van der Waals surface area contributed by atoms with Crippen molar-refractivity contribution in [1.29, 1.82) is 0 Å². The summed E-state index contributed by atoms with van der Waals surface area (Å²) in [5.41, 5.74) is 5.60. The van der Waals surface area contributed by atoms with E-state index in [1.807, 2.05) is 27.7 Å². The van der Waals surface area contributed by atoms with Gasteiger partial charge in [0.15, 0.2) is 5.96 Å². The quantitative estimate of drug-likeness (QED) is 0.380. The number of aliphatic imine (C=N–C) groups is 1. The van der Waals surface area contributed by atoms with Crippen LogP contribution in [-0.4, -0.2) is 30.5 Å². The largest absolute Gasteiger partial charge is 0.370 e. The maximum Gasteiger partial charge on any atom is 0.222 e. The summed E-state index contributed by atoms with van der Waals surface area (Å²) in [4.78, 5) is 15.4. The molecule has 0 aliphatic carbocycles. The third-order valence-electron chi connectivity index (χ3n) is 2.08. The summed E-state index contributed by atoms with van der Waals surface area (Å²) in [6.45, 7) is 8.41. The zero-order chi connectivity index (χ0) is 12.6. The predicted octanol–water partition coefficient (Wildman–Crippen LogP) is 1.22. The standard InChI is InChI=1S/C11H24N4O.HI/c1-5-9(4)15-10(16)6-7-13-11(12)14-8(2)3;/h8-9H,5-7H2,1-4H3,(H,15,16)(H3,12,13,14);1H. The van der Waals surface area contributed by atoms with Gasteiger partial charge in [-0.05, 0) is 27.2 Å². The molecule has 1 unspecified atom stereocenters. The zero-order valence-electron chi connectivity index (χ0n) is 11.1. The van der Waals surface area contributed by atoms with Crippen molar-refractivity contribution in [3.05, 3.63) is 0 Å². The number of halogens is 1. The van der Waals surface area contributed by atoms with Crippen LogP contribution in [0.2, 0.25) is 0 Å². The first-order valence-electron chi connectivity index (χ1n) is 5.81. The van der Waals surface area contributed by atoms with Crippen molar-refractivity contribution in [3.63, 3.8) is 0 Å². The molecule has 0 spiro atoms. The molecule has 0 bridgehead atoms. The van der Waals surface area contributed by atoms with E-state index in [9.17, 15) is 4.79 Å². The van der Waals surface area contributed by atoms with Crippen LogP contribution < -0.4 is 16.4 Å². The van der Waals surface area contributed by atoms with Gasteiger partial charge in [0.05, 0.1) is 6.54 Å². The molecular weight excluding hydrogens is 331 g/mol. The minimum absolute atomic E-state index is 0. The Labute approximate surface area is 121 Å². The lowest BCUT2D eigenvalue weighted by molar-refractivity contribution is -0.121. The Kier molecular flexibility index (Phi) is 11.8. The number of hydrogen-bond donors (Lipinski definition) is 3. The fourth-order valence-corrected chi connectivity index (χ4v) is 1.07. The lowest BCUT2D eigenvalue weighted by Crippen LogP contribution is -2.37. The third kappa shape index (κ3) is 11.7. The number of rotatable bonds is 6. The minimum Gasteiger partial charge on any atom is -0.370 e. The second kappa shape index (κ2) is 10.6. The number of carbonyl (C=O) groups is 1. The van der Waals surface area contributed by atoms with Crippen LogP contribution in [0.15, 0.2) is 4.99 Å². The van der Waals surface area contributed by atoms with E-state index in [0.717, 1.165) is 6.42 Å². The van der Waals surface area contributed by atoms with Crippen LogP contribution >= 0.6 is 24.0 Å². The molecule has 17 heavy (non-hydrogen) atoms. The van der Waals surface area contributed by atoms with Crippen molar-refractivity contribution in [2.24, 2.45) is 10.7 Å². The van der Waals surface area contributed by atoms with Crippen molar-refractivity contribution in [3.8, 4) is 0 Å². The summed E-state index contributed by atoms with van der Waals surface area (Å²) in [6.07, 6.45) is 1.32. The number of carbonyl (C=O) groups excluding carboxylic acids is 1. The molecule has 1 atom stereocenters. The number of nitrogens with zero attached hydrogens (tertiary/aromatic N) is 1. The van der Waals surface area contributed by atoms with Crippen LogP contribution in [0.3, 0.4) is 0 Å². The third-order valence-corrected chi connectivity index (χ3v) is 2.08. The first-order chi connectivity index (χ1) is 7.45. The highest BCUT2D eigenvalue weighted by Gasteiger charge is 2.04. The molecule has 0 saturated carbocycles. The predicted molar refractivity (Wildman–Crippen MR) is 82.7 cm³/mol. The molecule has 0 rings (SSSR count). The van der Waals surface area contributed by atoms with Gasteiger partial charge in [-0.25, -0.2) is 0 Å². The van der Waals surface area contributed by atoms with Crippen molar-refractivity contribution in [2.45, 2.75) is 52.6 Å². The Hall–Kier alpha value is -0.530. The number of nitrogens with two attached hydrogens (primary N) is 1. The van der Waals surface area contributed by atoms with E-state index in [0.29, 0.717) is 18.9 Å². The fraction of sp³-hybridized carbons (Fsp3) is 0.818. The molecule has 0 aliphatic rings. The van der Waals surface area contributed by atoms with Gasteiger partial charge >= 0.3 is 0 Å². The second-order valence-corrected chi connectivity index (χ2v) is 4.19. The first kappa shape index (κ1) is 18.8. The molecule has 0 heterocycles. The van der Waals surface area contributed by atoms with Crippen LogP contribution in [0.4, 0.5) is 0 Å². The summed E-state index contributed by atoms with van der Waals surface area (Å²) in [7, 11) is 0. The van der Waals surface area contributed by atoms with Gasteiger partial charge in [-0.2, -0.15) is 0 Å². The Balaban J connectivity index is 0. The van der Waals surface area contributed by atoms with E-state index in [2.05, 4.69) is 15.6 Å². The van der Waals surface area contributed by atoms with Gasteiger partial charge in [0, 0.05) is 18.5 Å². The van der Waals surface area contributed by atoms with Crippen molar-refractivity contribution >= 4 is 35.8 Å². The number of amides is 1. The number of nitrogens with one attached hydrogen (secondary N) is 2. The van der Waals surface area contributed by atoms with E-state index in [-0.39, 0.29) is 42.0 Å². The maximum atomic E-state index is 11.4. The molecule has 0 saturated heterocycles. The van der Waals surface area contributed by atoms with E-state index in [1.165, 1.54) is 0 Å². The first-order valence-corrected chi connectivity index (χ1v) is 5.81. The summed E-state index contributed by atoms with van der Waals surface area (Å²) >= 11 is 0. The van der Waals surface area contributed by atoms with Crippen molar-refractivity contribution < 1.29 is 4.79 Å². The lowest BCUT2D eigenvalue weighted by atomic mass is 10.2. The Bertz CT molecular complexity index is 244. The van der Waals surface area contributed by atoms with E-state index in [4.69, 9.17) is 5.73 Å². The summed E-state index contributed by atoms with van der Waals surface area (Å²) in [5.74, 6) is 0.418. The van der Waals surface area contributed by atoms with Crippen LogP contribution in [0, 0.1) is 0 Å². The molecule has 102 valence electrons. The number of hydrogen-bond acceptors (Lipinski definition) is 2. The van der Waals surface area contributed by atoms with Gasteiger partial charge in [-0.15, -0.1) is 24.0 Å². The molecule has 0 aromatic carbocycles. The maximum absolute atomic E-state index is 11.4. The Morgan fingerprint density at radius 3 is 2.35 bits per heavy atom. The van der Waals surface area contributed by atoms with Gasteiger partial charge in [0.2, 0.25) is 5.91 Å². The van der Waals surface area contributed by atoms with Gasteiger partial charge < -0.3 is 16.4 Å². The molecule has 0 aliphatic heterocycles. The summed E-state index contributed by atoms with van der Waals surface area (Å²) < 4.78 is 0. The molecule has 5 nitrogen and oxygen atoms in total. The monoisotopic (exact) mass is 356 g/mol. The highest BCUT2D eigenvalue weighted by atomic mass is 127. The lowest BCUT2D eigenvalue weighted by Gasteiger charge is -2.11. The summed E-state index contributed by atoms with van der Waals surface area (Å²) in [5, 5.41) is 5.84. The van der Waals surface area contributed by atoms with Crippen molar-refractivity contribution in [2.75, 3.05) is 6.54 Å². The molecule has 1 amide bonds. The molecule has 4 N–H and O–H groups in total. The summed E-state index contributed by atoms with van der Waals surface area (Å²) in [6, 6.07) is 0.486. The molecule has 6 heteroatoms. The average molecular weight is 356 g/mol. The van der Waals surface area contributed by atoms with Crippen LogP contribution in [0.25, 0.3) is 0 Å². The van der Waals surface area contributed by atoms with E-state index in [1.54, 1.807) is 0 Å². The zero-order valence-corrected chi connectivity index (χ0v) is 13.4. The van der Waals surface area contributed by atoms with Gasteiger partial charge in [0.25, 0.3) is 0 Å². The Morgan fingerprint density at radius 1 is 1.29 bits per heavy atom. The van der Waals surface area contributed by atoms with Crippen molar-refractivity contribution in [1.82, 2.24) is 10.6 Å². The van der Waals surface area contributed by atoms with E-state index >= 15 is 0 Å². The molecular formula is C11H25IN4O. The molecule has 0 fully saturated rings. The normalized spacial score (nSPS) is 12.9. The average Bonchev–Trinajstić information content (AvgIpc) is 2.16. The molecule has 0 aromatic heterocycles. The smallest absolute Gasteiger partial charge is 0.222 e. The highest BCUT2D eigenvalue weighted by molar-refractivity contribution is 14.0. The topological polar surface area (TPSA) is 79.5 Å².